The van der Waals surface area contributed by atoms with Gasteiger partial charge in [-0.05, 0) is 59.8 Å². The van der Waals surface area contributed by atoms with E-state index in [0.717, 1.165) is 3.57 Å². The number of amides is 1. The van der Waals surface area contributed by atoms with Crippen LogP contribution in [0.15, 0.2) is 36.4 Å². The number of halogens is 1. The van der Waals surface area contributed by atoms with Crippen molar-refractivity contribution in [3.05, 3.63) is 56.7 Å². The number of anilines is 1. The zero-order chi connectivity index (χ0) is 15.6. The molecule has 0 bridgehead atoms. The topological polar surface area (TPSA) is 86.6 Å². The Bertz CT molecular complexity index is 728. The molecule has 108 valence electrons. The zero-order valence-electron chi connectivity index (χ0n) is 11.1. The first-order valence-corrected chi connectivity index (χ1v) is 7.11. The molecule has 2 rings (SSSR count). The van der Waals surface area contributed by atoms with E-state index < -0.39 is 11.9 Å². The number of phenolic OH excluding ortho intramolecular Hbond substituents is 1. The maximum absolute atomic E-state index is 12.2. The molecule has 0 unspecified atom stereocenters. The van der Waals surface area contributed by atoms with E-state index in [2.05, 4.69) is 5.32 Å². The molecule has 3 N–H and O–H groups in total. The Morgan fingerprint density at radius 2 is 1.86 bits per heavy atom. The average molecular weight is 397 g/mol. The number of carboxylic acids is 1. The second-order valence-corrected chi connectivity index (χ2v) is 5.64. The Balaban J connectivity index is 2.36. The fraction of sp³-hybridized carbons (Fsp3) is 0.0667. The first-order chi connectivity index (χ1) is 9.90. The lowest BCUT2D eigenvalue weighted by Gasteiger charge is -2.11. The Morgan fingerprint density at radius 1 is 1.14 bits per heavy atom. The lowest BCUT2D eigenvalue weighted by molar-refractivity contribution is 0.0698. The van der Waals surface area contributed by atoms with Crippen LogP contribution in [-0.2, 0) is 0 Å². The summed E-state index contributed by atoms with van der Waals surface area (Å²) in [5, 5.41) is 21.4. The molecule has 0 aromatic heterocycles. The van der Waals surface area contributed by atoms with E-state index >= 15 is 0 Å². The molecule has 0 aliphatic carbocycles. The van der Waals surface area contributed by atoms with Crippen molar-refractivity contribution in [3.8, 4) is 5.75 Å². The molecular weight excluding hydrogens is 385 g/mol. The van der Waals surface area contributed by atoms with E-state index in [9.17, 15) is 19.8 Å². The Labute approximate surface area is 134 Å². The van der Waals surface area contributed by atoms with E-state index in [1.54, 1.807) is 31.2 Å². The molecule has 0 heterocycles. The molecule has 2 aromatic rings. The van der Waals surface area contributed by atoms with Gasteiger partial charge in [-0.25, -0.2) is 4.79 Å². The van der Waals surface area contributed by atoms with E-state index in [4.69, 9.17) is 0 Å². The van der Waals surface area contributed by atoms with Crippen LogP contribution in [0.3, 0.4) is 0 Å². The molecule has 5 nitrogen and oxygen atoms in total. The van der Waals surface area contributed by atoms with Crippen LogP contribution in [0.25, 0.3) is 0 Å². The summed E-state index contributed by atoms with van der Waals surface area (Å²) in [4.78, 5) is 23.4. The van der Waals surface area contributed by atoms with Crippen molar-refractivity contribution in [2.24, 2.45) is 0 Å². The van der Waals surface area contributed by atoms with Gasteiger partial charge in [0.15, 0.2) is 0 Å². The fourth-order valence-electron chi connectivity index (χ4n) is 1.86. The van der Waals surface area contributed by atoms with Gasteiger partial charge in [-0.1, -0.05) is 6.07 Å². The summed E-state index contributed by atoms with van der Waals surface area (Å²) in [6, 6.07) is 9.34. The minimum Gasteiger partial charge on any atom is -0.508 e. The minimum absolute atomic E-state index is 0.0173. The van der Waals surface area contributed by atoms with Gasteiger partial charge in [0.25, 0.3) is 5.91 Å². The standard InChI is InChI=1S/C15H12INO4/c1-8-10(3-2-4-13(8)18)14(19)17-12-6-5-9(16)7-11(12)15(20)21/h2-7,18H,1H3,(H,17,19)(H,20,21). The van der Waals surface area contributed by atoms with Gasteiger partial charge in [0.2, 0.25) is 0 Å². The smallest absolute Gasteiger partial charge is 0.337 e. The molecule has 0 saturated heterocycles. The number of carbonyl (C=O) groups excluding carboxylic acids is 1. The maximum atomic E-state index is 12.2. The predicted octanol–water partition coefficient (Wildman–Crippen LogP) is 3.26. The highest BCUT2D eigenvalue weighted by Crippen LogP contribution is 2.23. The van der Waals surface area contributed by atoms with E-state index in [1.165, 1.54) is 12.1 Å². The van der Waals surface area contributed by atoms with Gasteiger partial charge in [0.05, 0.1) is 11.3 Å². The number of carboxylic acid groups (broad SMARTS) is 1. The highest BCUT2D eigenvalue weighted by molar-refractivity contribution is 14.1. The minimum atomic E-state index is -1.11. The molecule has 2 aromatic carbocycles. The van der Waals surface area contributed by atoms with Crippen LogP contribution in [0.2, 0.25) is 0 Å². The Kier molecular flexibility index (Phi) is 4.46. The van der Waals surface area contributed by atoms with Crippen molar-refractivity contribution in [3.63, 3.8) is 0 Å². The maximum Gasteiger partial charge on any atom is 0.337 e. The molecule has 1 amide bonds. The first-order valence-electron chi connectivity index (χ1n) is 6.03. The third kappa shape index (κ3) is 3.33. The lowest BCUT2D eigenvalue weighted by Crippen LogP contribution is -2.16. The molecule has 0 fully saturated rings. The van der Waals surface area contributed by atoms with E-state index in [1.807, 2.05) is 22.6 Å². The van der Waals surface area contributed by atoms with Crippen molar-refractivity contribution in [2.75, 3.05) is 5.32 Å². The number of aromatic hydroxyl groups is 1. The monoisotopic (exact) mass is 397 g/mol. The summed E-state index contributed by atoms with van der Waals surface area (Å²) in [5.41, 5.74) is 0.978. The van der Waals surface area contributed by atoms with Gasteiger partial charge in [0, 0.05) is 14.7 Å². The summed E-state index contributed by atoms with van der Waals surface area (Å²) in [7, 11) is 0. The molecule has 0 spiro atoms. The highest BCUT2D eigenvalue weighted by atomic mass is 127. The van der Waals surface area contributed by atoms with Gasteiger partial charge in [-0.15, -0.1) is 0 Å². The van der Waals surface area contributed by atoms with E-state index in [-0.39, 0.29) is 17.0 Å². The van der Waals surface area contributed by atoms with Crippen LogP contribution in [0, 0.1) is 10.5 Å². The zero-order valence-corrected chi connectivity index (χ0v) is 13.2. The quantitative estimate of drug-likeness (QED) is 0.695. The van der Waals surface area contributed by atoms with Gasteiger partial charge in [0.1, 0.15) is 5.75 Å². The number of rotatable bonds is 3. The number of hydrogen-bond donors (Lipinski definition) is 3. The molecule has 0 aliphatic heterocycles. The van der Waals surface area contributed by atoms with Crippen molar-refractivity contribution in [1.82, 2.24) is 0 Å². The molecule has 0 aliphatic rings. The molecular formula is C15H12INO4. The van der Waals surface area contributed by atoms with Crippen molar-refractivity contribution in [1.29, 1.82) is 0 Å². The van der Waals surface area contributed by atoms with Crippen molar-refractivity contribution < 1.29 is 19.8 Å². The van der Waals surface area contributed by atoms with Gasteiger partial charge >= 0.3 is 5.97 Å². The normalized spacial score (nSPS) is 10.2. The third-order valence-corrected chi connectivity index (χ3v) is 3.68. The summed E-state index contributed by atoms with van der Waals surface area (Å²) in [6.45, 7) is 1.62. The fourth-order valence-corrected chi connectivity index (χ4v) is 2.35. The summed E-state index contributed by atoms with van der Waals surface area (Å²) < 4.78 is 0.761. The summed E-state index contributed by atoms with van der Waals surface area (Å²) >= 11 is 2.00. The Morgan fingerprint density at radius 3 is 2.52 bits per heavy atom. The summed E-state index contributed by atoms with van der Waals surface area (Å²) in [6.07, 6.45) is 0. The van der Waals surface area contributed by atoms with Crippen molar-refractivity contribution in [2.45, 2.75) is 6.92 Å². The number of benzene rings is 2. The molecule has 0 atom stereocenters. The van der Waals surface area contributed by atoms with Crippen molar-refractivity contribution >= 4 is 40.2 Å². The molecule has 21 heavy (non-hydrogen) atoms. The molecule has 6 heteroatoms. The second-order valence-electron chi connectivity index (χ2n) is 4.40. The number of aromatic carboxylic acids is 1. The van der Waals surface area contributed by atoms with Gasteiger partial charge in [-0.2, -0.15) is 0 Å². The average Bonchev–Trinajstić information content (AvgIpc) is 2.43. The van der Waals surface area contributed by atoms with Crippen LogP contribution in [0.5, 0.6) is 5.75 Å². The summed E-state index contributed by atoms with van der Waals surface area (Å²) in [5.74, 6) is -1.56. The van der Waals surface area contributed by atoms with Gasteiger partial charge < -0.3 is 15.5 Å². The highest BCUT2D eigenvalue weighted by Gasteiger charge is 2.16. The van der Waals surface area contributed by atoms with Crippen LogP contribution in [0.4, 0.5) is 5.69 Å². The number of hydrogen-bond acceptors (Lipinski definition) is 3. The number of carbonyl (C=O) groups is 2. The number of phenols is 1. The van der Waals surface area contributed by atoms with Gasteiger partial charge in [-0.3, -0.25) is 4.79 Å². The van der Waals surface area contributed by atoms with E-state index in [0.29, 0.717) is 11.1 Å². The van der Waals surface area contributed by atoms with Crippen LogP contribution in [0.1, 0.15) is 26.3 Å². The first kappa shape index (κ1) is 15.3. The lowest BCUT2D eigenvalue weighted by atomic mass is 10.1. The van der Waals surface area contributed by atoms with Crippen LogP contribution < -0.4 is 5.32 Å². The van der Waals surface area contributed by atoms with Crippen LogP contribution in [-0.4, -0.2) is 22.1 Å². The molecule has 0 saturated carbocycles. The number of nitrogens with one attached hydrogen (secondary N) is 1. The third-order valence-electron chi connectivity index (χ3n) is 3.01. The van der Waals surface area contributed by atoms with Crippen LogP contribution >= 0.6 is 22.6 Å². The molecule has 0 radical (unpaired) electrons. The second kappa shape index (κ2) is 6.13. The Hall–Kier alpha value is -2.09. The largest absolute Gasteiger partial charge is 0.508 e. The SMILES string of the molecule is Cc1c(O)cccc1C(=O)Nc1ccc(I)cc1C(=O)O. The predicted molar refractivity (Wildman–Crippen MR) is 86.9 cm³/mol.